The van der Waals surface area contributed by atoms with Crippen LogP contribution in [-0.2, 0) is 9.59 Å². The summed E-state index contributed by atoms with van der Waals surface area (Å²) in [7, 11) is 0. The van der Waals surface area contributed by atoms with Gasteiger partial charge in [0.25, 0.3) is 0 Å². The minimum atomic E-state index is -0.818. The van der Waals surface area contributed by atoms with Crippen LogP contribution in [0.3, 0.4) is 0 Å². The second-order valence-corrected chi connectivity index (χ2v) is 6.16. The number of carboxylic acid groups (broad SMARTS) is 1. The fourth-order valence-electron chi connectivity index (χ4n) is 2.62. The number of hydrogen-bond acceptors (Lipinski definition) is 3. The van der Waals surface area contributed by atoms with Gasteiger partial charge >= 0.3 is 5.97 Å². The highest BCUT2D eigenvalue weighted by Gasteiger charge is 2.41. The molecule has 0 saturated heterocycles. The largest absolute Gasteiger partial charge is 0.481 e. The van der Waals surface area contributed by atoms with Crippen molar-refractivity contribution in [3.8, 4) is 0 Å². The third-order valence-corrected chi connectivity index (χ3v) is 4.42. The molecular weight excluding hydrogens is 250 g/mol. The minimum absolute atomic E-state index is 0.0990. The van der Waals surface area contributed by atoms with Crippen LogP contribution in [0, 0.1) is 5.41 Å². The number of carbonyl (C=O) groups excluding carboxylic acids is 1. The Morgan fingerprint density at radius 3 is 2.44 bits per heavy atom. The molecule has 1 aliphatic carbocycles. The fourth-order valence-corrected chi connectivity index (χ4v) is 3.20. The molecule has 4 nitrogen and oxygen atoms in total. The first-order valence-electron chi connectivity index (χ1n) is 6.52. The van der Waals surface area contributed by atoms with Gasteiger partial charge in [-0.3, -0.25) is 9.59 Å². The van der Waals surface area contributed by atoms with Gasteiger partial charge in [-0.15, -0.1) is 0 Å². The van der Waals surface area contributed by atoms with Crippen LogP contribution in [0.25, 0.3) is 0 Å². The molecule has 0 aromatic rings. The molecule has 0 spiro atoms. The zero-order chi connectivity index (χ0) is 13.6. The van der Waals surface area contributed by atoms with Crippen LogP contribution in [0.2, 0.25) is 0 Å². The van der Waals surface area contributed by atoms with Gasteiger partial charge in [-0.25, -0.2) is 0 Å². The first-order chi connectivity index (χ1) is 8.50. The molecule has 5 heteroatoms. The third-order valence-electron chi connectivity index (χ3n) is 3.59. The van der Waals surface area contributed by atoms with Gasteiger partial charge in [-0.05, 0) is 26.0 Å². The second-order valence-electron chi connectivity index (χ2n) is 5.25. The highest BCUT2D eigenvalue weighted by atomic mass is 32.2. The van der Waals surface area contributed by atoms with Crippen molar-refractivity contribution in [2.24, 2.45) is 5.41 Å². The Balaban J connectivity index is 2.55. The monoisotopic (exact) mass is 273 g/mol. The Bertz CT molecular complexity index is 301. The lowest BCUT2D eigenvalue weighted by atomic mass is 9.71. The standard InChI is InChI=1S/C13H23NO3S/c1-10(9-18-2)14-11(15)8-13(12(16)17)6-4-3-5-7-13/h10H,3-9H2,1-2H3,(H,14,15)(H,16,17). The van der Waals surface area contributed by atoms with Crippen molar-refractivity contribution in [2.45, 2.75) is 51.5 Å². The van der Waals surface area contributed by atoms with Gasteiger partial charge in [0.15, 0.2) is 0 Å². The topological polar surface area (TPSA) is 66.4 Å². The van der Waals surface area contributed by atoms with Crippen molar-refractivity contribution in [3.05, 3.63) is 0 Å². The highest BCUT2D eigenvalue weighted by molar-refractivity contribution is 7.98. The summed E-state index contributed by atoms with van der Waals surface area (Å²) in [6.07, 6.45) is 6.29. The van der Waals surface area contributed by atoms with E-state index in [4.69, 9.17) is 0 Å². The summed E-state index contributed by atoms with van der Waals surface area (Å²) in [6.45, 7) is 1.95. The summed E-state index contributed by atoms with van der Waals surface area (Å²) >= 11 is 1.67. The van der Waals surface area contributed by atoms with Gasteiger partial charge in [-0.1, -0.05) is 19.3 Å². The maximum Gasteiger partial charge on any atom is 0.310 e. The lowest BCUT2D eigenvalue weighted by molar-refractivity contribution is -0.154. The molecule has 1 fully saturated rings. The van der Waals surface area contributed by atoms with E-state index in [-0.39, 0.29) is 18.4 Å². The molecule has 2 N–H and O–H groups in total. The average Bonchev–Trinajstić information content (AvgIpc) is 2.29. The van der Waals surface area contributed by atoms with Crippen molar-refractivity contribution in [3.63, 3.8) is 0 Å². The molecule has 1 unspecified atom stereocenters. The molecule has 1 saturated carbocycles. The molecule has 1 aliphatic rings. The Morgan fingerprint density at radius 1 is 1.33 bits per heavy atom. The quantitative estimate of drug-likeness (QED) is 0.779. The van der Waals surface area contributed by atoms with Crippen LogP contribution in [0.1, 0.15) is 45.4 Å². The Morgan fingerprint density at radius 2 is 1.94 bits per heavy atom. The van der Waals surface area contributed by atoms with E-state index >= 15 is 0 Å². The minimum Gasteiger partial charge on any atom is -0.481 e. The summed E-state index contributed by atoms with van der Waals surface area (Å²) in [4.78, 5) is 23.4. The van der Waals surface area contributed by atoms with Gasteiger partial charge in [0.05, 0.1) is 5.41 Å². The van der Waals surface area contributed by atoms with E-state index in [2.05, 4.69) is 5.32 Å². The average molecular weight is 273 g/mol. The first kappa shape index (κ1) is 15.3. The van der Waals surface area contributed by atoms with Crippen LogP contribution in [0.4, 0.5) is 0 Å². The van der Waals surface area contributed by atoms with Crippen LogP contribution in [0.15, 0.2) is 0 Å². The maximum atomic E-state index is 11.9. The zero-order valence-electron chi connectivity index (χ0n) is 11.2. The molecule has 0 aliphatic heterocycles. The lowest BCUT2D eigenvalue weighted by Gasteiger charge is -2.32. The Kier molecular flexibility index (Phi) is 5.99. The number of amides is 1. The van der Waals surface area contributed by atoms with Gasteiger partial charge in [0.1, 0.15) is 0 Å². The molecular formula is C13H23NO3S. The van der Waals surface area contributed by atoms with E-state index in [1.807, 2.05) is 13.2 Å². The van der Waals surface area contributed by atoms with E-state index < -0.39 is 11.4 Å². The summed E-state index contributed by atoms with van der Waals surface area (Å²) in [5.74, 6) is -0.0815. The number of thioether (sulfide) groups is 1. The number of nitrogens with one attached hydrogen (secondary N) is 1. The lowest BCUT2D eigenvalue weighted by Crippen LogP contribution is -2.42. The number of aliphatic carboxylic acids is 1. The van der Waals surface area contributed by atoms with Gasteiger partial charge in [-0.2, -0.15) is 11.8 Å². The highest BCUT2D eigenvalue weighted by Crippen LogP contribution is 2.39. The number of rotatable bonds is 6. The van der Waals surface area contributed by atoms with Gasteiger partial charge in [0, 0.05) is 18.2 Å². The third kappa shape index (κ3) is 4.19. The molecule has 18 heavy (non-hydrogen) atoms. The maximum absolute atomic E-state index is 11.9. The van der Waals surface area contributed by atoms with E-state index in [9.17, 15) is 14.7 Å². The number of hydrogen-bond donors (Lipinski definition) is 2. The molecule has 1 amide bonds. The molecule has 0 bridgehead atoms. The zero-order valence-corrected chi connectivity index (χ0v) is 12.0. The fraction of sp³-hybridized carbons (Fsp3) is 0.846. The van der Waals surface area contributed by atoms with Crippen LogP contribution >= 0.6 is 11.8 Å². The SMILES string of the molecule is CSCC(C)NC(=O)CC1(C(=O)O)CCCCC1. The molecule has 104 valence electrons. The molecule has 0 radical (unpaired) electrons. The van der Waals surface area contributed by atoms with Crippen molar-refractivity contribution in [1.82, 2.24) is 5.32 Å². The summed E-state index contributed by atoms with van der Waals surface area (Å²) in [5.41, 5.74) is -0.818. The van der Waals surface area contributed by atoms with Crippen LogP contribution in [-0.4, -0.2) is 35.0 Å². The van der Waals surface area contributed by atoms with Gasteiger partial charge in [0.2, 0.25) is 5.91 Å². The Labute approximate surface area is 113 Å². The molecule has 0 aromatic heterocycles. The number of carbonyl (C=O) groups is 2. The summed E-state index contributed by atoms with van der Waals surface area (Å²) in [6, 6.07) is 0.0990. The van der Waals surface area contributed by atoms with Crippen LogP contribution in [0.5, 0.6) is 0 Å². The van der Waals surface area contributed by atoms with E-state index in [1.165, 1.54) is 0 Å². The molecule has 0 aromatic carbocycles. The van der Waals surface area contributed by atoms with E-state index in [0.717, 1.165) is 25.0 Å². The van der Waals surface area contributed by atoms with Crippen molar-refractivity contribution in [1.29, 1.82) is 0 Å². The predicted molar refractivity (Wildman–Crippen MR) is 73.8 cm³/mol. The van der Waals surface area contributed by atoms with E-state index in [0.29, 0.717) is 12.8 Å². The smallest absolute Gasteiger partial charge is 0.310 e. The van der Waals surface area contributed by atoms with Crippen LogP contribution < -0.4 is 5.32 Å². The molecule has 1 rings (SSSR count). The second kappa shape index (κ2) is 7.02. The number of carboxylic acids is 1. The molecule has 0 heterocycles. The van der Waals surface area contributed by atoms with Crippen molar-refractivity contribution >= 4 is 23.6 Å². The van der Waals surface area contributed by atoms with Gasteiger partial charge < -0.3 is 10.4 Å². The summed E-state index contributed by atoms with van der Waals surface area (Å²) in [5, 5.41) is 12.3. The Hall–Kier alpha value is -0.710. The predicted octanol–water partition coefficient (Wildman–Crippen LogP) is 2.28. The van der Waals surface area contributed by atoms with Crippen molar-refractivity contribution in [2.75, 3.05) is 12.0 Å². The van der Waals surface area contributed by atoms with Crippen molar-refractivity contribution < 1.29 is 14.7 Å². The van der Waals surface area contributed by atoms with E-state index in [1.54, 1.807) is 11.8 Å². The normalized spacial score (nSPS) is 20.1. The first-order valence-corrected chi connectivity index (χ1v) is 7.91. The summed E-state index contributed by atoms with van der Waals surface area (Å²) < 4.78 is 0. The molecule has 1 atom stereocenters.